The maximum absolute atomic E-state index is 4.45. The van der Waals surface area contributed by atoms with Crippen LogP contribution in [-0.2, 0) is 0 Å². The summed E-state index contributed by atoms with van der Waals surface area (Å²) in [6.07, 6.45) is 6.54. The molecule has 3 heteroatoms. The van der Waals surface area contributed by atoms with Crippen molar-refractivity contribution in [3.05, 3.63) is 48.3 Å². The molecule has 1 atom stereocenters. The molecule has 0 amide bonds. The molecule has 1 unspecified atom stereocenters. The van der Waals surface area contributed by atoms with Gasteiger partial charge in [-0.05, 0) is 31.5 Å². The minimum atomic E-state index is 0.341. The van der Waals surface area contributed by atoms with Crippen molar-refractivity contribution >= 4 is 0 Å². The molecule has 2 aromatic rings. The molecule has 1 aromatic heterocycles. The minimum absolute atomic E-state index is 0.341. The van der Waals surface area contributed by atoms with E-state index in [1.807, 2.05) is 29.1 Å². The lowest BCUT2D eigenvalue weighted by Crippen LogP contribution is -2.25. The second kappa shape index (κ2) is 7.25. The number of benzene rings is 1. The number of aromatic nitrogens is 2. The van der Waals surface area contributed by atoms with Crippen molar-refractivity contribution in [2.24, 2.45) is 5.92 Å². The van der Waals surface area contributed by atoms with Crippen molar-refractivity contribution in [1.82, 2.24) is 15.1 Å². The summed E-state index contributed by atoms with van der Waals surface area (Å²) in [5.41, 5.74) is 2.34. The van der Waals surface area contributed by atoms with Crippen LogP contribution in [0.1, 0.15) is 45.2 Å². The zero-order chi connectivity index (χ0) is 14.4. The van der Waals surface area contributed by atoms with Gasteiger partial charge in [-0.25, -0.2) is 4.68 Å². The first kappa shape index (κ1) is 14.8. The van der Waals surface area contributed by atoms with Gasteiger partial charge in [0.2, 0.25) is 0 Å². The van der Waals surface area contributed by atoms with E-state index in [0.717, 1.165) is 18.2 Å². The Labute approximate surface area is 122 Å². The molecule has 0 bridgehead atoms. The molecule has 1 heterocycles. The first-order chi connectivity index (χ1) is 9.74. The average molecular weight is 271 g/mol. The Bertz CT molecular complexity index is 500. The van der Waals surface area contributed by atoms with Gasteiger partial charge < -0.3 is 5.32 Å². The second-order valence-corrected chi connectivity index (χ2v) is 5.37. The average Bonchev–Trinajstić information content (AvgIpc) is 2.99. The van der Waals surface area contributed by atoms with Gasteiger partial charge in [-0.1, -0.05) is 44.9 Å². The molecule has 108 valence electrons. The highest BCUT2D eigenvalue weighted by molar-refractivity contribution is 5.31. The molecule has 20 heavy (non-hydrogen) atoms. The van der Waals surface area contributed by atoms with Crippen LogP contribution in [0.2, 0.25) is 0 Å². The van der Waals surface area contributed by atoms with Gasteiger partial charge in [0.25, 0.3) is 0 Å². The summed E-state index contributed by atoms with van der Waals surface area (Å²) < 4.78 is 1.94. The lowest BCUT2D eigenvalue weighted by Gasteiger charge is -2.17. The molecule has 0 saturated carbocycles. The van der Waals surface area contributed by atoms with Crippen LogP contribution in [0.3, 0.4) is 0 Å². The molecule has 1 aromatic carbocycles. The molecule has 0 radical (unpaired) electrons. The van der Waals surface area contributed by atoms with Gasteiger partial charge in [0.05, 0.1) is 11.9 Å². The van der Waals surface area contributed by atoms with E-state index < -0.39 is 0 Å². The summed E-state index contributed by atoms with van der Waals surface area (Å²) in [5, 5.41) is 8.06. The molecule has 1 N–H and O–H groups in total. The largest absolute Gasteiger partial charge is 0.310 e. The number of rotatable bonds is 7. The highest BCUT2D eigenvalue weighted by Crippen LogP contribution is 2.15. The SMILES string of the molecule is CCC(CC)CNC(C)c1cnn(-c2ccccc2)c1. The van der Waals surface area contributed by atoms with E-state index in [1.54, 1.807) is 0 Å². The molecular weight excluding hydrogens is 246 g/mol. The maximum atomic E-state index is 4.45. The van der Waals surface area contributed by atoms with Crippen molar-refractivity contribution in [3.8, 4) is 5.69 Å². The van der Waals surface area contributed by atoms with E-state index in [4.69, 9.17) is 0 Å². The highest BCUT2D eigenvalue weighted by Gasteiger charge is 2.10. The molecule has 3 nitrogen and oxygen atoms in total. The fourth-order valence-electron chi connectivity index (χ4n) is 2.32. The van der Waals surface area contributed by atoms with Crippen molar-refractivity contribution < 1.29 is 0 Å². The normalized spacial score (nSPS) is 12.8. The lowest BCUT2D eigenvalue weighted by molar-refractivity contribution is 0.422. The van der Waals surface area contributed by atoms with Gasteiger partial charge in [-0.2, -0.15) is 5.10 Å². The Morgan fingerprint density at radius 2 is 1.85 bits per heavy atom. The molecule has 2 rings (SSSR count). The third kappa shape index (κ3) is 3.70. The van der Waals surface area contributed by atoms with Crippen LogP contribution in [0, 0.1) is 5.92 Å². The first-order valence-electron chi connectivity index (χ1n) is 7.58. The van der Waals surface area contributed by atoms with Crippen LogP contribution in [-0.4, -0.2) is 16.3 Å². The van der Waals surface area contributed by atoms with Crippen molar-refractivity contribution in [3.63, 3.8) is 0 Å². The van der Waals surface area contributed by atoms with Gasteiger partial charge >= 0.3 is 0 Å². The predicted octanol–water partition coefficient (Wildman–Crippen LogP) is 3.96. The van der Waals surface area contributed by atoms with E-state index in [9.17, 15) is 0 Å². The molecule has 0 aliphatic rings. The molecule has 0 spiro atoms. The van der Waals surface area contributed by atoms with Crippen LogP contribution in [0.15, 0.2) is 42.7 Å². The van der Waals surface area contributed by atoms with Gasteiger partial charge in [0.15, 0.2) is 0 Å². The molecule has 0 saturated heterocycles. The van der Waals surface area contributed by atoms with Crippen LogP contribution >= 0.6 is 0 Å². The molecule has 0 fully saturated rings. The Kier molecular flexibility index (Phi) is 5.36. The van der Waals surface area contributed by atoms with E-state index >= 15 is 0 Å². The zero-order valence-corrected chi connectivity index (χ0v) is 12.7. The third-order valence-electron chi connectivity index (χ3n) is 3.99. The summed E-state index contributed by atoms with van der Waals surface area (Å²) in [7, 11) is 0. The highest BCUT2D eigenvalue weighted by atomic mass is 15.3. The summed E-state index contributed by atoms with van der Waals surface area (Å²) in [4.78, 5) is 0. The fourth-order valence-corrected chi connectivity index (χ4v) is 2.32. The van der Waals surface area contributed by atoms with E-state index in [2.05, 4.69) is 49.5 Å². The Hall–Kier alpha value is -1.61. The summed E-state index contributed by atoms with van der Waals surface area (Å²) in [6.45, 7) is 7.79. The number of nitrogens with zero attached hydrogens (tertiary/aromatic N) is 2. The smallest absolute Gasteiger partial charge is 0.0645 e. The first-order valence-corrected chi connectivity index (χ1v) is 7.58. The fraction of sp³-hybridized carbons (Fsp3) is 0.471. The predicted molar refractivity (Wildman–Crippen MR) is 84.1 cm³/mol. The third-order valence-corrected chi connectivity index (χ3v) is 3.99. The summed E-state index contributed by atoms with van der Waals surface area (Å²) >= 11 is 0. The Morgan fingerprint density at radius 3 is 2.50 bits per heavy atom. The topological polar surface area (TPSA) is 29.9 Å². The zero-order valence-electron chi connectivity index (χ0n) is 12.7. The standard InChI is InChI=1S/C17H25N3/c1-4-15(5-2)11-18-14(3)16-12-19-20(13-16)17-9-7-6-8-10-17/h6-10,12-15,18H,4-5,11H2,1-3H3. The van der Waals surface area contributed by atoms with E-state index in [-0.39, 0.29) is 0 Å². The molecule has 0 aliphatic carbocycles. The van der Waals surface area contributed by atoms with E-state index in [1.165, 1.54) is 18.4 Å². The lowest BCUT2D eigenvalue weighted by atomic mass is 10.0. The van der Waals surface area contributed by atoms with Gasteiger partial charge in [-0.3, -0.25) is 0 Å². The van der Waals surface area contributed by atoms with Crippen LogP contribution < -0.4 is 5.32 Å². The molecular formula is C17H25N3. The van der Waals surface area contributed by atoms with Crippen LogP contribution in [0.4, 0.5) is 0 Å². The van der Waals surface area contributed by atoms with Crippen LogP contribution in [0.25, 0.3) is 5.69 Å². The van der Waals surface area contributed by atoms with E-state index in [0.29, 0.717) is 6.04 Å². The van der Waals surface area contributed by atoms with Crippen molar-refractivity contribution in [2.75, 3.05) is 6.54 Å². The number of para-hydroxylation sites is 1. The van der Waals surface area contributed by atoms with Crippen molar-refractivity contribution in [1.29, 1.82) is 0 Å². The number of hydrogen-bond donors (Lipinski definition) is 1. The molecule has 0 aliphatic heterocycles. The maximum Gasteiger partial charge on any atom is 0.0645 e. The number of hydrogen-bond acceptors (Lipinski definition) is 2. The summed E-state index contributed by atoms with van der Waals surface area (Å²) in [5.74, 6) is 0.765. The summed E-state index contributed by atoms with van der Waals surface area (Å²) in [6, 6.07) is 10.6. The van der Waals surface area contributed by atoms with Gasteiger partial charge in [-0.15, -0.1) is 0 Å². The Balaban J connectivity index is 1.98. The quantitative estimate of drug-likeness (QED) is 0.826. The number of nitrogens with one attached hydrogen (secondary N) is 1. The van der Waals surface area contributed by atoms with Gasteiger partial charge in [0, 0.05) is 17.8 Å². The monoisotopic (exact) mass is 271 g/mol. The second-order valence-electron chi connectivity index (χ2n) is 5.37. The Morgan fingerprint density at radius 1 is 1.15 bits per heavy atom. The minimum Gasteiger partial charge on any atom is -0.310 e. The van der Waals surface area contributed by atoms with Crippen molar-refractivity contribution in [2.45, 2.75) is 39.7 Å². The van der Waals surface area contributed by atoms with Gasteiger partial charge in [0.1, 0.15) is 0 Å². The van der Waals surface area contributed by atoms with Crippen LogP contribution in [0.5, 0.6) is 0 Å².